The monoisotopic (exact) mass is 556 g/mol. The Morgan fingerprint density at radius 1 is 1.14 bits per heavy atom. The minimum Gasteiger partial charge on any atom is -0.504 e. The smallest absolute Gasteiger partial charge is 0.446 e. The van der Waals surface area contributed by atoms with Gasteiger partial charge in [-0.15, -0.1) is 0 Å². The standard InChI is InChI=1S/C20H12Cl2F6N4O2S/c1-34-15-4-9(2-3-14(15)33)8-30-18-17(35-20(26,27)28)13(7-29)31-32(18)16-11(21)5-10(6-12(16)22)19(23,24)25/h2-6,30,33H,8H2,1H3. The van der Waals surface area contributed by atoms with Gasteiger partial charge in [-0.1, -0.05) is 29.3 Å². The zero-order valence-electron chi connectivity index (χ0n) is 17.2. The fourth-order valence-corrected chi connectivity index (χ4v) is 4.27. The zero-order valence-corrected chi connectivity index (χ0v) is 19.6. The van der Waals surface area contributed by atoms with Gasteiger partial charge in [0, 0.05) is 6.54 Å². The van der Waals surface area contributed by atoms with Crippen molar-refractivity contribution in [2.75, 3.05) is 12.4 Å². The highest BCUT2D eigenvalue weighted by Crippen LogP contribution is 2.45. The van der Waals surface area contributed by atoms with Crippen LogP contribution in [-0.2, 0) is 12.7 Å². The first-order valence-corrected chi connectivity index (χ1v) is 10.8. The summed E-state index contributed by atoms with van der Waals surface area (Å²) in [5.74, 6) is -0.474. The molecular weight excluding hydrogens is 545 g/mol. The molecule has 0 aliphatic rings. The van der Waals surface area contributed by atoms with E-state index in [9.17, 15) is 36.7 Å². The van der Waals surface area contributed by atoms with Crippen LogP contribution in [0.15, 0.2) is 35.2 Å². The van der Waals surface area contributed by atoms with E-state index in [1.165, 1.54) is 31.4 Å². The maximum Gasteiger partial charge on any atom is 0.446 e. The summed E-state index contributed by atoms with van der Waals surface area (Å²) in [6.45, 7) is -0.158. The third kappa shape index (κ3) is 6.01. The fraction of sp³-hybridized carbons (Fsp3) is 0.200. The van der Waals surface area contributed by atoms with E-state index >= 15 is 0 Å². The minimum atomic E-state index is -4.83. The van der Waals surface area contributed by atoms with Crippen LogP contribution in [0, 0.1) is 11.3 Å². The lowest BCUT2D eigenvalue weighted by Gasteiger charge is -2.16. The number of nitriles is 1. The second-order valence-electron chi connectivity index (χ2n) is 6.74. The van der Waals surface area contributed by atoms with E-state index in [-0.39, 0.29) is 29.5 Å². The number of hydrogen-bond donors (Lipinski definition) is 2. The number of aromatic hydroxyl groups is 1. The van der Waals surface area contributed by atoms with Gasteiger partial charge >= 0.3 is 11.7 Å². The minimum absolute atomic E-state index is 0.0919. The van der Waals surface area contributed by atoms with E-state index in [1.807, 2.05) is 0 Å². The Labute approximate surface area is 208 Å². The van der Waals surface area contributed by atoms with Crippen LogP contribution >= 0.6 is 35.0 Å². The summed E-state index contributed by atoms with van der Waals surface area (Å²) in [6.07, 6.45) is -4.79. The van der Waals surface area contributed by atoms with Gasteiger partial charge in [0.05, 0.1) is 27.6 Å². The summed E-state index contributed by atoms with van der Waals surface area (Å²) in [5, 5.41) is 24.5. The number of nitrogens with zero attached hydrogens (tertiary/aromatic N) is 3. The molecule has 2 N–H and O–H groups in total. The number of thioether (sulfide) groups is 1. The molecule has 6 nitrogen and oxygen atoms in total. The Hall–Kier alpha value is -2.95. The number of aromatic nitrogens is 2. The topological polar surface area (TPSA) is 83.1 Å². The van der Waals surface area contributed by atoms with E-state index in [2.05, 4.69) is 10.4 Å². The molecule has 0 saturated carbocycles. The Bertz CT molecular complexity index is 1280. The van der Waals surface area contributed by atoms with Crippen molar-refractivity contribution >= 4 is 40.8 Å². The number of phenols is 1. The molecule has 186 valence electrons. The van der Waals surface area contributed by atoms with Crippen molar-refractivity contribution in [2.45, 2.75) is 23.1 Å². The van der Waals surface area contributed by atoms with E-state index in [0.29, 0.717) is 17.7 Å². The van der Waals surface area contributed by atoms with Gasteiger partial charge in [0.15, 0.2) is 17.2 Å². The summed E-state index contributed by atoms with van der Waals surface area (Å²) in [7, 11) is 1.30. The molecular formula is C20H12Cl2F6N4O2S. The SMILES string of the molecule is COc1cc(CNc2c(SC(F)(F)F)c(C#N)nn2-c2c(Cl)cc(C(F)(F)F)cc2Cl)ccc1O. The number of nitrogens with one attached hydrogen (secondary N) is 1. The fourth-order valence-electron chi connectivity index (χ4n) is 2.96. The van der Waals surface area contributed by atoms with Crippen molar-refractivity contribution in [3.63, 3.8) is 0 Å². The lowest BCUT2D eigenvalue weighted by Crippen LogP contribution is -2.11. The number of methoxy groups -OCH3 is 1. The van der Waals surface area contributed by atoms with Gasteiger partial charge in [-0.05, 0) is 41.6 Å². The molecule has 0 amide bonds. The molecule has 2 aromatic carbocycles. The number of hydrogen-bond acceptors (Lipinski definition) is 6. The molecule has 0 atom stereocenters. The summed E-state index contributed by atoms with van der Waals surface area (Å²) < 4.78 is 84.9. The lowest BCUT2D eigenvalue weighted by atomic mass is 10.2. The largest absolute Gasteiger partial charge is 0.504 e. The second kappa shape index (κ2) is 9.96. The van der Waals surface area contributed by atoms with Gasteiger partial charge in [-0.25, -0.2) is 4.68 Å². The van der Waals surface area contributed by atoms with Gasteiger partial charge in [0.2, 0.25) is 0 Å². The van der Waals surface area contributed by atoms with Crippen molar-refractivity contribution in [3.8, 4) is 23.3 Å². The maximum atomic E-state index is 13.3. The summed E-state index contributed by atoms with van der Waals surface area (Å²) in [4.78, 5) is -0.641. The quantitative estimate of drug-likeness (QED) is 0.251. The lowest BCUT2D eigenvalue weighted by molar-refractivity contribution is -0.137. The Morgan fingerprint density at radius 3 is 2.29 bits per heavy atom. The van der Waals surface area contributed by atoms with Crippen molar-refractivity contribution in [1.29, 1.82) is 5.26 Å². The molecule has 0 aliphatic carbocycles. The van der Waals surface area contributed by atoms with Gasteiger partial charge in [0.1, 0.15) is 17.6 Å². The second-order valence-corrected chi connectivity index (χ2v) is 8.63. The third-order valence-electron chi connectivity index (χ3n) is 4.43. The molecule has 15 heteroatoms. The summed E-state index contributed by atoms with van der Waals surface area (Å²) in [5.41, 5.74) is -6.59. The van der Waals surface area contributed by atoms with E-state index in [1.54, 1.807) is 0 Å². The Morgan fingerprint density at radius 2 is 1.77 bits per heavy atom. The highest BCUT2D eigenvalue weighted by molar-refractivity contribution is 8.00. The predicted molar refractivity (Wildman–Crippen MR) is 117 cm³/mol. The van der Waals surface area contributed by atoms with Crippen LogP contribution in [0.4, 0.5) is 32.2 Å². The number of halogens is 8. The zero-order chi connectivity index (χ0) is 26.1. The van der Waals surface area contributed by atoms with Crippen LogP contribution < -0.4 is 10.1 Å². The Kier molecular flexibility index (Phi) is 7.59. The van der Waals surface area contributed by atoms with Gasteiger partial charge < -0.3 is 15.2 Å². The first kappa shape index (κ1) is 26.7. The highest BCUT2D eigenvalue weighted by atomic mass is 35.5. The van der Waals surface area contributed by atoms with Gasteiger partial charge in [0.25, 0.3) is 0 Å². The van der Waals surface area contributed by atoms with Crippen LogP contribution in [0.1, 0.15) is 16.8 Å². The van der Waals surface area contributed by atoms with Crippen LogP contribution in [0.2, 0.25) is 10.0 Å². The number of benzene rings is 2. The highest BCUT2D eigenvalue weighted by Gasteiger charge is 2.36. The number of phenolic OH excluding ortho intramolecular Hbond substituents is 1. The van der Waals surface area contributed by atoms with Crippen molar-refractivity contribution in [1.82, 2.24) is 9.78 Å². The van der Waals surface area contributed by atoms with E-state index < -0.39 is 49.6 Å². The number of alkyl halides is 6. The van der Waals surface area contributed by atoms with E-state index in [0.717, 1.165) is 4.68 Å². The average Bonchev–Trinajstić information content (AvgIpc) is 3.07. The molecule has 0 bridgehead atoms. The molecule has 0 aliphatic heterocycles. The predicted octanol–water partition coefficient (Wildman–Crippen LogP) is 7.01. The molecule has 3 rings (SSSR count). The van der Waals surface area contributed by atoms with Crippen LogP contribution in [0.5, 0.6) is 11.5 Å². The molecule has 0 fully saturated rings. The van der Waals surface area contributed by atoms with Gasteiger partial charge in [-0.2, -0.15) is 36.7 Å². The first-order valence-electron chi connectivity index (χ1n) is 9.20. The average molecular weight is 557 g/mol. The van der Waals surface area contributed by atoms with Crippen molar-refractivity contribution in [3.05, 3.63) is 57.2 Å². The van der Waals surface area contributed by atoms with Crippen LogP contribution in [-0.4, -0.2) is 27.5 Å². The summed E-state index contributed by atoms with van der Waals surface area (Å²) >= 11 is 11.4. The van der Waals surface area contributed by atoms with Crippen LogP contribution in [0.25, 0.3) is 5.69 Å². The van der Waals surface area contributed by atoms with E-state index in [4.69, 9.17) is 27.9 Å². The molecule has 1 heterocycles. The van der Waals surface area contributed by atoms with Crippen molar-refractivity contribution < 1.29 is 36.2 Å². The third-order valence-corrected chi connectivity index (χ3v) is 5.82. The molecule has 0 unspecified atom stereocenters. The number of anilines is 1. The molecule has 35 heavy (non-hydrogen) atoms. The van der Waals surface area contributed by atoms with Gasteiger partial charge in [-0.3, -0.25) is 0 Å². The molecule has 1 aromatic heterocycles. The molecule has 0 saturated heterocycles. The maximum absolute atomic E-state index is 13.3. The summed E-state index contributed by atoms with van der Waals surface area (Å²) in [6, 6.07) is 6.77. The number of rotatable bonds is 6. The molecule has 3 aromatic rings. The normalized spacial score (nSPS) is 11.9. The van der Waals surface area contributed by atoms with Crippen LogP contribution in [0.3, 0.4) is 0 Å². The number of ether oxygens (including phenoxy) is 1. The van der Waals surface area contributed by atoms with Crippen molar-refractivity contribution in [2.24, 2.45) is 0 Å². The molecule has 0 radical (unpaired) electrons. The first-order chi connectivity index (χ1) is 16.2. The molecule has 0 spiro atoms. The Balaban J connectivity index is 2.16.